The topological polar surface area (TPSA) is 30.7 Å². The summed E-state index contributed by atoms with van der Waals surface area (Å²) in [5, 5.41) is 6.77. The molecule has 1 aliphatic heterocycles. The lowest BCUT2D eigenvalue weighted by molar-refractivity contribution is -0.147. The molecule has 0 N–H and O–H groups in total. The van der Waals surface area contributed by atoms with Crippen molar-refractivity contribution in [2.24, 2.45) is 0 Å². The Hall–Kier alpha value is -1.07. The molecule has 2 rings (SSSR count). The van der Waals surface area contributed by atoms with Gasteiger partial charge in [0.05, 0.1) is 0 Å². The smallest absolute Gasteiger partial charge is 0.307 e. The fraction of sp³-hybridized carbons (Fsp3) is 0.750. The van der Waals surface area contributed by atoms with Gasteiger partial charge in [-0.25, -0.2) is 0 Å². The van der Waals surface area contributed by atoms with Gasteiger partial charge < -0.3 is 4.57 Å². The Morgan fingerprint density at radius 3 is 2.57 bits per heavy atom. The van der Waals surface area contributed by atoms with Gasteiger partial charge in [0.25, 0.3) is 0 Å². The Morgan fingerprint density at radius 1 is 1.07 bits per heavy atom. The van der Waals surface area contributed by atoms with Gasteiger partial charge in [-0.3, -0.25) is 0 Å². The van der Waals surface area contributed by atoms with Crippen LogP contribution in [0.15, 0.2) is 0 Å². The minimum atomic E-state index is -4.38. The Morgan fingerprint density at radius 2 is 1.86 bits per heavy atom. The molecule has 3 nitrogen and oxygen atoms in total. The average Bonchev–Trinajstić information content (AvgIpc) is 2.36. The van der Waals surface area contributed by atoms with Crippen molar-refractivity contribution < 1.29 is 13.2 Å². The second-order valence-corrected chi connectivity index (χ2v) is 3.40. The first kappa shape index (κ1) is 9.48. The van der Waals surface area contributed by atoms with Crippen LogP contribution in [-0.2, 0) is 19.1 Å². The summed E-state index contributed by atoms with van der Waals surface area (Å²) < 4.78 is 38.5. The van der Waals surface area contributed by atoms with E-state index in [-0.39, 0.29) is 0 Å². The molecule has 0 fully saturated rings. The van der Waals surface area contributed by atoms with Gasteiger partial charge in [-0.2, -0.15) is 13.2 Å². The molecule has 0 saturated heterocycles. The second-order valence-electron chi connectivity index (χ2n) is 3.40. The number of rotatable bonds is 0. The third kappa shape index (κ3) is 1.60. The quantitative estimate of drug-likeness (QED) is 0.648. The highest BCUT2D eigenvalue weighted by atomic mass is 19.4. The van der Waals surface area contributed by atoms with Crippen LogP contribution in [0.25, 0.3) is 0 Å². The zero-order valence-corrected chi connectivity index (χ0v) is 7.51. The first-order valence-corrected chi connectivity index (χ1v) is 4.58. The van der Waals surface area contributed by atoms with Gasteiger partial charge in [0.1, 0.15) is 5.82 Å². The normalized spacial score (nSPS) is 17.6. The van der Waals surface area contributed by atoms with Crippen molar-refractivity contribution in [1.29, 1.82) is 0 Å². The average molecular weight is 205 g/mol. The second kappa shape index (κ2) is 3.25. The maximum atomic E-state index is 12.4. The maximum Gasteiger partial charge on any atom is 0.451 e. The van der Waals surface area contributed by atoms with E-state index in [1.807, 2.05) is 0 Å². The molecular formula is C8H10F3N3. The Labute approximate surface area is 78.9 Å². The summed E-state index contributed by atoms with van der Waals surface area (Å²) in [5.41, 5.74) is 0. The van der Waals surface area contributed by atoms with E-state index < -0.39 is 12.0 Å². The zero-order valence-electron chi connectivity index (χ0n) is 7.51. The van der Waals surface area contributed by atoms with E-state index in [1.165, 1.54) is 4.57 Å². The molecule has 78 valence electrons. The summed E-state index contributed by atoms with van der Waals surface area (Å²) in [7, 11) is 0. The maximum absolute atomic E-state index is 12.4. The van der Waals surface area contributed by atoms with Crippen molar-refractivity contribution in [2.75, 3.05) is 0 Å². The predicted molar refractivity (Wildman–Crippen MR) is 42.6 cm³/mol. The van der Waals surface area contributed by atoms with Gasteiger partial charge >= 0.3 is 6.18 Å². The van der Waals surface area contributed by atoms with Crippen LogP contribution in [0.5, 0.6) is 0 Å². The molecular weight excluding hydrogens is 195 g/mol. The summed E-state index contributed by atoms with van der Waals surface area (Å²) in [6.07, 6.45) is -1.15. The highest BCUT2D eigenvalue weighted by Gasteiger charge is 2.38. The third-order valence-electron chi connectivity index (χ3n) is 2.36. The van der Waals surface area contributed by atoms with Gasteiger partial charge in [0, 0.05) is 13.0 Å². The monoisotopic (exact) mass is 205 g/mol. The lowest BCUT2D eigenvalue weighted by Crippen LogP contribution is -2.15. The number of halogens is 3. The van der Waals surface area contributed by atoms with E-state index in [2.05, 4.69) is 10.2 Å². The first-order chi connectivity index (χ1) is 6.59. The highest BCUT2D eigenvalue weighted by molar-refractivity contribution is 5.00. The minimum absolute atomic E-state index is 0.386. The summed E-state index contributed by atoms with van der Waals surface area (Å²) >= 11 is 0. The largest absolute Gasteiger partial charge is 0.451 e. The van der Waals surface area contributed by atoms with Gasteiger partial charge in [0.2, 0.25) is 5.82 Å². The van der Waals surface area contributed by atoms with Crippen LogP contribution in [0.2, 0.25) is 0 Å². The van der Waals surface area contributed by atoms with Gasteiger partial charge in [-0.15, -0.1) is 10.2 Å². The molecule has 2 heterocycles. The summed E-state index contributed by atoms with van der Waals surface area (Å²) in [6.45, 7) is 0.386. The summed E-state index contributed by atoms with van der Waals surface area (Å²) in [4.78, 5) is 0. The van der Waals surface area contributed by atoms with Gasteiger partial charge in [-0.1, -0.05) is 6.42 Å². The van der Waals surface area contributed by atoms with Crippen molar-refractivity contribution >= 4 is 0 Å². The number of alkyl halides is 3. The third-order valence-corrected chi connectivity index (χ3v) is 2.36. The number of hydrogen-bond donors (Lipinski definition) is 0. The standard InChI is InChI=1S/C8H10F3N3/c9-8(10,11)7-13-12-6-4-2-1-3-5-14(6)7/h1-5H2. The van der Waals surface area contributed by atoms with E-state index >= 15 is 0 Å². The molecule has 0 saturated carbocycles. The van der Waals surface area contributed by atoms with Crippen LogP contribution < -0.4 is 0 Å². The summed E-state index contributed by atoms with van der Waals surface area (Å²) in [6, 6.07) is 0. The molecule has 1 aliphatic rings. The molecule has 1 aromatic rings. The molecule has 14 heavy (non-hydrogen) atoms. The molecule has 0 bridgehead atoms. The number of aryl methyl sites for hydroxylation is 1. The zero-order chi connectivity index (χ0) is 10.2. The van der Waals surface area contributed by atoms with Crippen LogP contribution in [-0.4, -0.2) is 14.8 Å². The molecule has 0 atom stereocenters. The van der Waals surface area contributed by atoms with Crippen LogP contribution in [0, 0.1) is 0 Å². The molecule has 0 amide bonds. The van der Waals surface area contributed by atoms with E-state index in [0.29, 0.717) is 18.8 Å². The molecule has 0 radical (unpaired) electrons. The van der Waals surface area contributed by atoms with Crippen molar-refractivity contribution in [3.63, 3.8) is 0 Å². The van der Waals surface area contributed by atoms with Crippen molar-refractivity contribution in [3.05, 3.63) is 11.6 Å². The fourth-order valence-electron chi connectivity index (χ4n) is 1.69. The first-order valence-electron chi connectivity index (χ1n) is 4.58. The minimum Gasteiger partial charge on any atom is -0.307 e. The van der Waals surface area contributed by atoms with Gasteiger partial charge in [-0.05, 0) is 12.8 Å². The molecule has 0 aliphatic carbocycles. The van der Waals surface area contributed by atoms with E-state index in [1.54, 1.807) is 0 Å². The fourth-order valence-corrected chi connectivity index (χ4v) is 1.69. The van der Waals surface area contributed by atoms with Crippen molar-refractivity contribution in [3.8, 4) is 0 Å². The molecule has 6 heteroatoms. The molecule has 0 aromatic carbocycles. The number of fused-ring (bicyclic) bond motifs is 1. The van der Waals surface area contributed by atoms with Crippen LogP contribution in [0.1, 0.15) is 30.9 Å². The lowest BCUT2D eigenvalue weighted by Gasteiger charge is -2.08. The lowest BCUT2D eigenvalue weighted by atomic mass is 10.2. The molecule has 0 spiro atoms. The predicted octanol–water partition coefficient (Wildman–Crippen LogP) is 2.02. The van der Waals surface area contributed by atoms with Crippen LogP contribution in [0.4, 0.5) is 13.2 Å². The number of hydrogen-bond acceptors (Lipinski definition) is 2. The highest BCUT2D eigenvalue weighted by Crippen LogP contribution is 2.29. The van der Waals surface area contributed by atoms with Crippen LogP contribution in [0.3, 0.4) is 0 Å². The Kier molecular flexibility index (Phi) is 2.20. The van der Waals surface area contributed by atoms with E-state index in [9.17, 15) is 13.2 Å². The number of nitrogens with zero attached hydrogens (tertiary/aromatic N) is 3. The molecule has 0 unspecified atom stereocenters. The Balaban J connectivity index is 2.39. The molecule has 1 aromatic heterocycles. The number of aromatic nitrogens is 3. The van der Waals surface area contributed by atoms with E-state index in [0.717, 1.165) is 19.3 Å². The van der Waals surface area contributed by atoms with Gasteiger partial charge in [0.15, 0.2) is 0 Å². The Bertz CT molecular complexity index is 329. The van der Waals surface area contributed by atoms with Crippen molar-refractivity contribution in [2.45, 2.75) is 38.4 Å². The van der Waals surface area contributed by atoms with E-state index in [4.69, 9.17) is 0 Å². The van der Waals surface area contributed by atoms with Crippen LogP contribution >= 0.6 is 0 Å². The van der Waals surface area contributed by atoms with Crippen molar-refractivity contribution in [1.82, 2.24) is 14.8 Å². The SMILES string of the molecule is FC(F)(F)c1nnc2n1CCCCC2. The summed E-state index contributed by atoms with van der Waals surface area (Å²) in [5.74, 6) is -0.385.